The molecule has 2 aromatic rings. The van der Waals surface area contributed by atoms with Gasteiger partial charge in [0.05, 0.1) is 19.3 Å². The number of nitrogens with zero attached hydrogens (tertiary/aromatic N) is 1. The van der Waals surface area contributed by atoms with E-state index in [2.05, 4.69) is 10.2 Å². The first-order valence-electron chi connectivity index (χ1n) is 9.09. The molecule has 0 bridgehead atoms. The lowest BCUT2D eigenvalue weighted by molar-refractivity contribution is -0.122. The second-order valence-corrected chi connectivity index (χ2v) is 6.57. The number of rotatable bonds is 7. The highest BCUT2D eigenvalue weighted by Crippen LogP contribution is 2.16. The van der Waals surface area contributed by atoms with E-state index in [4.69, 9.17) is 4.74 Å². The van der Waals surface area contributed by atoms with Crippen LogP contribution < -0.4 is 5.32 Å². The van der Waals surface area contributed by atoms with Crippen molar-refractivity contribution in [2.45, 2.75) is 18.9 Å². The summed E-state index contributed by atoms with van der Waals surface area (Å²) in [5.74, 6) is -0.246. The van der Waals surface area contributed by atoms with E-state index in [1.807, 2.05) is 30.3 Å². The summed E-state index contributed by atoms with van der Waals surface area (Å²) in [5, 5.41) is 3.17. The Hall–Kier alpha value is -2.24. The van der Waals surface area contributed by atoms with Crippen LogP contribution in [0, 0.1) is 5.82 Å². The van der Waals surface area contributed by atoms with Crippen LogP contribution in [0.4, 0.5) is 4.39 Å². The second-order valence-electron chi connectivity index (χ2n) is 6.57. The van der Waals surface area contributed by atoms with Gasteiger partial charge in [0.1, 0.15) is 5.82 Å². The van der Waals surface area contributed by atoms with E-state index in [-0.39, 0.29) is 17.8 Å². The van der Waals surface area contributed by atoms with Gasteiger partial charge in [0.25, 0.3) is 0 Å². The number of benzene rings is 2. The number of ether oxygens (including phenoxy) is 1. The van der Waals surface area contributed by atoms with Crippen LogP contribution in [0.15, 0.2) is 54.6 Å². The number of carbonyl (C=O) groups excluding carboxylic acids is 1. The number of halogens is 1. The summed E-state index contributed by atoms with van der Waals surface area (Å²) in [4.78, 5) is 14.8. The fourth-order valence-electron chi connectivity index (χ4n) is 3.14. The molecule has 1 aliphatic rings. The largest absolute Gasteiger partial charge is 0.379 e. The Morgan fingerprint density at radius 3 is 2.46 bits per heavy atom. The zero-order valence-corrected chi connectivity index (χ0v) is 14.9. The van der Waals surface area contributed by atoms with Gasteiger partial charge in [0.2, 0.25) is 5.91 Å². The van der Waals surface area contributed by atoms with Gasteiger partial charge in [-0.2, -0.15) is 0 Å². The van der Waals surface area contributed by atoms with E-state index in [0.29, 0.717) is 12.8 Å². The first-order valence-corrected chi connectivity index (χ1v) is 9.09. The Balaban J connectivity index is 1.58. The number of hydrogen-bond donors (Lipinski definition) is 1. The Labute approximate surface area is 154 Å². The van der Waals surface area contributed by atoms with E-state index >= 15 is 0 Å². The molecule has 0 aromatic heterocycles. The Morgan fingerprint density at radius 1 is 1.08 bits per heavy atom. The molecule has 0 saturated carbocycles. The number of morpholine rings is 1. The van der Waals surface area contributed by atoms with Gasteiger partial charge in [0, 0.05) is 26.1 Å². The van der Waals surface area contributed by atoms with Gasteiger partial charge in [-0.05, 0) is 29.7 Å². The van der Waals surface area contributed by atoms with Crippen molar-refractivity contribution in [1.29, 1.82) is 0 Å². The van der Waals surface area contributed by atoms with Crippen LogP contribution in [0.2, 0.25) is 0 Å². The minimum atomic E-state index is -0.257. The second kappa shape index (κ2) is 9.46. The van der Waals surface area contributed by atoms with Crippen LogP contribution in [0.5, 0.6) is 0 Å². The van der Waals surface area contributed by atoms with Gasteiger partial charge in [-0.15, -0.1) is 0 Å². The van der Waals surface area contributed by atoms with Gasteiger partial charge >= 0.3 is 0 Å². The van der Waals surface area contributed by atoms with E-state index in [1.54, 1.807) is 12.1 Å². The molecule has 1 aliphatic heterocycles. The van der Waals surface area contributed by atoms with Gasteiger partial charge in [-0.25, -0.2) is 4.39 Å². The zero-order valence-electron chi connectivity index (χ0n) is 14.9. The van der Waals surface area contributed by atoms with Crippen molar-refractivity contribution in [3.63, 3.8) is 0 Å². The van der Waals surface area contributed by atoms with Gasteiger partial charge in [-0.3, -0.25) is 9.69 Å². The molecule has 0 aliphatic carbocycles. The molecular weight excluding hydrogens is 331 g/mol. The van der Waals surface area contributed by atoms with E-state index < -0.39 is 0 Å². The van der Waals surface area contributed by atoms with Gasteiger partial charge < -0.3 is 10.1 Å². The Kier molecular flexibility index (Phi) is 6.75. The normalized spacial score (nSPS) is 16.2. The molecule has 4 nitrogen and oxygen atoms in total. The zero-order chi connectivity index (χ0) is 18.2. The molecule has 1 heterocycles. The van der Waals surface area contributed by atoms with Gasteiger partial charge in [0.15, 0.2) is 0 Å². The molecular formula is C21H25FN2O2. The molecule has 138 valence electrons. The highest BCUT2D eigenvalue weighted by atomic mass is 19.1. The van der Waals surface area contributed by atoms with Crippen molar-refractivity contribution in [3.05, 3.63) is 71.5 Å². The van der Waals surface area contributed by atoms with E-state index in [1.165, 1.54) is 12.1 Å². The maximum absolute atomic E-state index is 13.0. The lowest BCUT2D eigenvalue weighted by atomic mass is 10.0. The van der Waals surface area contributed by atoms with Crippen molar-refractivity contribution < 1.29 is 13.9 Å². The lowest BCUT2D eigenvalue weighted by Gasteiger charge is -2.31. The average molecular weight is 356 g/mol. The third kappa shape index (κ3) is 5.64. The molecule has 1 fully saturated rings. The Morgan fingerprint density at radius 2 is 1.77 bits per heavy atom. The van der Waals surface area contributed by atoms with Gasteiger partial charge in [-0.1, -0.05) is 42.5 Å². The summed E-state index contributed by atoms with van der Waals surface area (Å²) in [7, 11) is 0. The van der Waals surface area contributed by atoms with Crippen molar-refractivity contribution in [1.82, 2.24) is 10.2 Å². The number of aryl methyl sites for hydroxylation is 1. The molecule has 1 N–H and O–H groups in total. The standard InChI is InChI=1S/C21H25FN2O2/c22-19-9-6-17(7-10-19)8-11-21(25)23-20(18-4-2-1-3-5-18)16-24-12-14-26-15-13-24/h1-7,9-10,20H,8,11-16H2,(H,23,25). The van der Waals surface area contributed by atoms with E-state index in [0.717, 1.165) is 44.0 Å². The fourth-order valence-corrected chi connectivity index (χ4v) is 3.14. The predicted octanol–water partition coefficient (Wildman–Crippen LogP) is 2.95. The fraction of sp³-hybridized carbons (Fsp3) is 0.381. The molecule has 1 amide bonds. The summed E-state index contributed by atoms with van der Waals surface area (Å²) in [6, 6.07) is 16.3. The molecule has 5 heteroatoms. The SMILES string of the molecule is O=C(CCc1ccc(F)cc1)NC(CN1CCOCC1)c1ccccc1. The lowest BCUT2D eigenvalue weighted by Crippen LogP contribution is -2.43. The third-order valence-electron chi connectivity index (χ3n) is 4.64. The smallest absolute Gasteiger partial charge is 0.220 e. The average Bonchev–Trinajstić information content (AvgIpc) is 2.68. The Bertz CT molecular complexity index is 685. The number of amides is 1. The van der Waals surface area contributed by atoms with Crippen molar-refractivity contribution in [3.8, 4) is 0 Å². The van der Waals surface area contributed by atoms with Crippen LogP contribution in [0.3, 0.4) is 0 Å². The number of carbonyl (C=O) groups is 1. The minimum absolute atomic E-state index is 0.0106. The molecule has 0 spiro atoms. The van der Waals surface area contributed by atoms with E-state index in [9.17, 15) is 9.18 Å². The van der Waals surface area contributed by atoms with Crippen molar-refractivity contribution >= 4 is 5.91 Å². The molecule has 26 heavy (non-hydrogen) atoms. The summed E-state index contributed by atoms with van der Waals surface area (Å²) < 4.78 is 18.4. The molecule has 3 rings (SSSR count). The van der Waals surface area contributed by atoms with Crippen LogP contribution >= 0.6 is 0 Å². The molecule has 1 saturated heterocycles. The topological polar surface area (TPSA) is 41.6 Å². The predicted molar refractivity (Wildman–Crippen MR) is 99.3 cm³/mol. The van der Waals surface area contributed by atoms with Crippen LogP contribution in [0.25, 0.3) is 0 Å². The van der Waals surface area contributed by atoms with Crippen molar-refractivity contribution in [2.75, 3.05) is 32.8 Å². The highest BCUT2D eigenvalue weighted by molar-refractivity contribution is 5.76. The number of nitrogens with one attached hydrogen (secondary N) is 1. The molecule has 1 unspecified atom stereocenters. The van der Waals surface area contributed by atoms with Crippen LogP contribution in [0.1, 0.15) is 23.6 Å². The number of hydrogen-bond acceptors (Lipinski definition) is 3. The maximum Gasteiger partial charge on any atom is 0.220 e. The quantitative estimate of drug-likeness (QED) is 0.829. The summed E-state index contributed by atoms with van der Waals surface area (Å²) in [5.41, 5.74) is 2.07. The van der Waals surface area contributed by atoms with Crippen LogP contribution in [-0.4, -0.2) is 43.7 Å². The first kappa shape index (κ1) is 18.5. The summed E-state index contributed by atoms with van der Waals surface area (Å²) in [6.45, 7) is 4.01. The maximum atomic E-state index is 13.0. The molecule has 1 atom stereocenters. The summed E-state index contributed by atoms with van der Waals surface area (Å²) >= 11 is 0. The van der Waals surface area contributed by atoms with Crippen molar-refractivity contribution in [2.24, 2.45) is 0 Å². The minimum Gasteiger partial charge on any atom is -0.379 e. The third-order valence-corrected chi connectivity index (χ3v) is 4.64. The highest BCUT2D eigenvalue weighted by Gasteiger charge is 2.20. The molecule has 2 aromatic carbocycles. The monoisotopic (exact) mass is 356 g/mol. The first-order chi connectivity index (χ1) is 12.7. The summed E-state index contributed by atoms with van der Waals surface area (Å²) in [6.07, 6.45) is 0.989. The molecule has 0 radical (unpaired) electrons. The van der Waals surface area contributed by atoms with Crippen LogP contribution in [-0.2, 0) is 16.0 Å².